The van der Waals surface area contributed by atoms with Gasteiger partial charge in [0.05, 0.1) is 5.52 Å². The van der Waals surface area contributed by atoms with Crippen LogP contribution in [0.2, 0.25) is 0 Å². The average molecular weight is 385 g/mol. The van der Waals surface area contributed by atoms with Gasteiger partial charge in [0.15, 0.2) is 5.58 Å². The standard InChI is InChI=1S/C19H23N5O4/c25-17-4-3-15(18(26)21-17)24-14-2-1-12(9-16(14)28-19(24)27)23-10-13(11-23)22-7-5-20-6-8-22/h1-2,9,13,15,20H,3-8,10-11H2,(H,21,25,26). The minimum Gasteiger partial charge on any atom is -0.408 e. The fourth-order valence-corrected chi connectivity index (χ4v) is 4.39. The predicted octanol–water partition coefficient (Wildman–Crippen LogP) is -0.334. The summed E-state index contributed by atoms with van der Waals surface area (Å²) in [5.41, 5.74) is 2.07. The fraction of sp³-hybridized carbons (Fsp3) is 0.526. The molecule has 9 nitrogen and oxygen atoms in total. The first-order chi connectivity index (χ1) is 13.6. The van der Waals surface area contributed by atoms with Gasteiger partial charge in [-0.25, -0.2) is 4.79 Å². The largest absolute Gasteiger partial charge is 0.420 e. The number of rotatable bonds is 3. The Morgan fingerprint density at radius 3 is 2.61 bits per heavy atom. The van der Waals surface area contributed by atoms with E-state index in [1.165, 1.54) is 4.57 Å². The highest BCUT2D eigenvalue weighted by molar-refractivity contribution is 6.00. The molecule has 2 aromatic rings. The van der Waals surface area contributed by atoms with Crippen LogP contribution in [0.1, 0.15) is 18.9 Å². The zero-order valence-corrected chi connectivity index (χ0v) is 15.5. The van der Waals surface area contributed by atoms with Crippen LogP contribution in [0, 0.1) is 0 Å². The van der Waals surface area contributed by atoms with Crippen molar-refractivity contribution < 1.29 is 14.0 Å². The molecule has 2 N–H and O–H groups in total. The molecular weight excluding hydrogens is 362 g/mol. The van der Waals surface area contributed by atoms with Gasteiger partial charge in [-0.2, -0.15) is 0 Å². The number of carbonyl (C=O) groups excluding carboxylic acids is 2. The van der Waals surface area contributed by atoms with Gasteiger partial charge in [-0.05, 0) is 18.6 Å². The molecule has 1 aromatic heterocycles. The molecule has 2 amide bonds. The van der Waals surface area contributed by atoms with Crippen molar-refractivity contribution in [3.05, 3.63) is 28.7 Å². The summed E-state index contributed by atoms with van der Waals surface area (Å²) >= 11 is 0. The monoisotopic (exact) mass is 385 g/mol. The number of piperidine rings is 1. The summed E-state index contributed by atoms with van der Waals surface area (Å²) in [4.78, 5) is 40.7. The van der Waals surface area contributed by atoms with Crippen molar-refractivity contribution in [2.24, 2.45) is 0 Å². The highest BCUT2D eigenvalue weighted by atomic mass is 16.4. The van der Waals surface area contributed by atoms with Gasteiger partial charge in [0.1, 0.15) is 6.04 Å². The first kappa shape index (κ1) is 17.4. The van der Waals surface area contributed by atoms with Crippen LogP contribution in [0.3, 0.4) is 0 Å². The van der Waals surface area contributed by atoms with Crippen LogP contribution in [-0.4, -0.2) is 66.6 Å². The summed E-state index contributed by atoms with van der Waals surface area (Å²) in [6.45, 7) is 6.18. The van der Waals surface area contributed by atoms with E-state index in [2.05, 4.69) is 20.4 Å². The van der Waals surface area contributed by atoms with E-state index in [1.54, 1.807) is 0 Å². The number of aromatic nitrogens is 1. The average Bonchev–Trinajstić information content (AvgIpc) is 2.97. The van der Waals surface area contributed by atoms with Crippen LogP contribution in [0.15, 0.2) is 27.4 Å². The van der Waals surface area contributed by atoms with Crippen LogP contribution < -0.4 is 21.3 Å². The number of benzene rings is 1. The lowest BCUT2D eigenvalue weighted by molar-refractivity contribution is -0.135. The summed E-state index contributed by atoms with van der Waals surface area (Å²) in [6, 6.07) is 5.52. The lowest BCUT2D eigenvalue weighted by atomic mass is 10.0. The SMILES string of the molecule is O=C1CCC(n2c(=O)oc3cc(N4CC(N5CCNCC5)C4)ccc32)C(=O)N1. The number of amides is 2. The van der Waals surface area contributed by atoms with Crippen molar-refractivity contribution in [2.45, 2.75) is 24.9 Å². The summed E-state index contributed by atoms with van der Waals surface area (Å²) in [5, 5.41) is 5.67. The molecule has 1 unspecified atom stereocenters. The highest BCUT2D eigenvalue weighted by Gasteiger charge is 2.34. The number of oxazole rings is 1. The molecule has 0 saturated carbocycles. The van der Waals surface area contributed by atoms with Gasteiger partial charge in [0.25, 0.3) is 0 Å². The summed E-state index contributed by atoms with van der Waals surface area (Å²) in [6.07, 6.45) is 0.522. The smallest absolute Gasteiger partial charge is 0.408 e. The first-order valence-corrected chi connectivity index (χ1v) is 9.78. The summed E-state index contributed by atoms with van der Waals surface area (Å²) < 4.78 is 6.79. The third-order valence-corrected chi connectivity index (χ3v) is 6.01. The number of anilines is 1. The maximum absolute atomic E-state index is 12.4. The van der Waals surface area contributed by atoms with Gasteiger partial charge in [0, 0.05) is 63.5 Å². The second kappa shape index (κ2) is 6.75. The Bertz CT molecular complexity index is 984. The van der Waals surface area contributed by atoms with Crippen molar-refractivity contribution in [3.8, 4) is 0 Å². The van der Waals surface area contributed by atoms with E-state index >= 15 is 0 Å². The molecule has 1 aromatic carbocycles. The zero-order chi connectivity index (χ0) is 19.3. The van der Waals surface area contributed by atoms with Crippen molar-refractivity contribution in [1.29, 1.82) is 0 Å². The zero-order valence-electron chi connectivity index (χ0n) is 15.5. The van der Waals surface area contributed by atoms with Crippen molar-refractivity contribution in [3.63, 3.8) is 0 Å². The van der Waals surface area contributed by atoms with Crippen molar-refractivity contribution in [1.82, 2.24) is 20.1 Å². The Hall–Kier alpha value is -2.65. The molecule has 3 aliphatic rings. The van der Waals surface area contributed by atoms with Gasteiger partial charge >= 0.3 is 5.76 Å². The number of hydrogen-bond acceptors (Lipinski definition) is 7. The molecule has 0 radical (unpaired) electrons. The molecular formula is C19H23N5O4. The van der Waals surface area contributed by atoms with Crippen LogP contribution in [-0.2, 0) is 9.59 Å². The molecule has 0 aliphatic carbocycles. The second-order valence-corrected chi connectivity index (χ2v) is 7.70. The van der Waals surface area contributed by atoms with Gasteiger partial charge in [-0.3, -0.25) is 24.4 Å². The normalized spacial score (nSPS) is 24.4. The van der Waals surface area contributed by atoms with Crippen LogP contribution in [0.4, 0.5) is 5.69 Å². The van der Waals surface area contributed by atoms with Crippen LogP contribution in [0.5, 0.6) is 0 Å². The number of imide groups is 1. The number of nitrogens with zero attached hydrogens (tertiary/aromatic N) is 3. The molecule has 148 valence electrons. The molecule has 0 bridgehead atoms. The van der Waals surface area contributed by atoms with E-state index in [4.69, 9.17) is 4.42 Å². The first-order valence-electron chi connectivity index (χ1n) is 9.78. The lowest BCUT2D eigenvalue weighted by Gasteiger charge is -2.47. The Kier molecular flexibility index (Phi) is 4.21. The minimum absolute atomic E-state index is 0.217. The molecule has 5 rings (SSSR count). The van der Waals surface area contributed by atoms with E-state index in [9.17, 15) is 14.4 Å². The third kappa shape index (κ3) is 2.91. The van der Waals surface area contributed by atoms with E-state index < -0.39 is 17.7 Å². The number of piperazine rings is 1. The number of hydrogen-bond donors (Lipinski definition) is 2. The van der Waals surface area contributed by atoms with Crippen LogP contribution in [0.25, 0.3) is 11.1 Å². The number of nitrogens with one attached hydrogen (secondary N) is 2. The quantitative estimate of drug-likeness (QED) is 0.698. The molecule has 9 heteroatoms. The van der Waals surface area contributed by atoms with E-state index in [-0.39, 0.29) is 12.3 Å². The van der Waals surface area contributed by atoms with E-state index in [1.807, 2.05) is 18.2 Å². The Morgan fingerprint density at radius 1 is 1.07 bits per heavy atom. The van der Waals surface area contributed by atoms with Gasteiger partial charge in [0.2, 0.25) is 11.8 Å². The highest BCUT2D eigenvalue weighted by Crippen LogP contribution is 2.29. The Labute approximate surface area is 161 Å². The maximum atomic E-state index is 12.4. The molecule has 3 saturated heterocycles. The molecule has 4 heterocycles. The van der Waals surface area contributed by atoms with Crippen molar-refractivity contribution in [2.75, 3.05) is 44.2 Å². The maximum Gasteiger partial charge on any atom is 0.420 e. The Balaban J connectivity index is 1.36. The molecule has 1 atom stereocenters. The topological polar surface area (TPSA) is 99.8 Å². The molecule has 3 aliphatic heterocycles. The summed E-state index contributed by atoms with van der Waals surface area (Å²) in [5.74, 6) is -1.32. The lowest BCUT2D eigenvalue weighted by Crippen LogP contribution is -2.62. The predicted molar refractivity (Wildman–Crippen MR) is 102 cm³/mol. The number of carbonyl (C=O) groups is 2. The second-order valence-electron chi connectivity index (χ2n) is 7.70. The third-order valence-electron chi connectivity index (χ3n) is 6.01. The molecule has 3 fully saturated rings. The fourth-order valence-electron chi connectivity index (χ4n) is 4.39. The summed E-state index contributed by atoms with van der Waals surface area (Å²) in [7, 11) is 0. The van der Waals surface area contributed by atoms with Gasteiger partial charge in [-0.1, -0.05) is 0 Å². The minimum atomic E-state index is -0.710. The van der Waals surface area contributed by atoms with Gasteiger partial charge < -0.3 is 14.6 Å². The van der Waals surface area contributed by atoms with Crippen LogP contribution >= 0.6 is 0 Å². The molecule has 0 spiro atoms. The van der Waals surface area contributed by atoms with E-state index in [0.717, 1.165) is 45.0 Å². The van der Waals surface area contributed by atoms with E-state index in [0.29, 0.717) is 23.6 Å². The number of fused-ring (bicyclic) bond motifs is 1. The van der Waals surface area contributed by atoms with Crippen molar-refractivity contribution >= 4 is 28.6 Å². The van der Waals surface area contributed by atoms with Gasteiger partial charge in [-0.15, -0.1) is 0 Å². The Morgan fingerprint density at radius 2 is 1.86 bits per heavy atom. The molecule has 28 heavy (non-hydrogen) atoms.